The summed E-state index contributed by atoms with van der Waals surface area (Å²) in [5.41, 5.74) is 2.57. The van der Waals surface area contributed by atoms with Crippen LogP contribution in [0, 0.1) is 5.92 Å². The first-order valence-electron chi connectivity index (χ1n) is 13.2. The van der Waals surface area contributed by atoms with Crippen molar-refractivity contribution in [2.24, 2.45) is 5.92 Å². The number of hydrogen-bond donors (Lipinski definition) is 0. The monoisotopic (exact) mass is 459 g/mol. The molecule has 3 fully saturated rings. The van der Waals surface area contributed by atoms with Gasteiger partial charge in [0.2, 0.25) is 11.8 Å². The van der Waals surface area contributed by atoms with Crippen molar-refractivity contribution in [3.05, 3.63) is 71.8 Å². The maximum atomic E-state index is 13.5. The topological polar surface area (TPSA) is 43.9 Å². The van der Waals surface area contributed by atoms with Gasteiger partial charge in [-0.1, -0.05) is 79.9 Å². The van der Waals surface area contributed by atoms with Crippen LogP contribution in [-0.4, -0.2) is 65.3 Å². The van der Waals surface area contributed by atoms with Crippen LogP contribution in [0.1, 0.15) is 62.1 Å². The summed E-state index contributed by atoms with van der Waals surface area (Å²) in [5, 5.41) is 0. The number of piperazine rings is 1. The number of nitrogens with zero attached hydrogens (tertiary/aromatic N) is 3. The van der Waals surface area contributed by atoms with E-state index in [2.05, 4.69) is 65.6 Å². The van der Waals surface area contributed by atoms with Gasteiger partial charge in [-0.3, -0.25) is 14.5 Å². The van der Waals surface area contributed by atoms with E-state index in [1.807, 2.05) is 9.80 Å². The maximum Gasteiger partial charge on any atom is 0.245 e. The van der Waals surface area contributed by atoms with E-state index in [1.54, 1.807) is 0 Å². The van der Waals surface area contributed by atoms with Crippen LogP contribution in [0.15, 0.2) is 60.7 Å². The second kappa shape index (κ2) is 10.7. The van der Waals surface area contributed by atoms with E-state index in [9.17, 15) is 9.59 Å². The molecule has 0 aromatic heterocycles. The van der Waals surface area contributed by atoms with E-state index < -0.39 is 0 Å². The molecule has 2 heterocycles. The predicted octanol–water partition coefficient (Wildman–Crippen LogP) is 4.49. The number of carbonyl (C=O) groups excluding carboxylic acids is 2. The van der Waals surface area contributed by atoms with E-state index >= 15 is 0 Å². The van der Waals surface area contributed by atoms with E-state index in [0.29, 0.717) is 0 Å². The van der Waals surface area contributed by atoms with Gasteiger partial charge in [-0.05, 0) is 36.8 Å². The zero-order chi connectivity index (χ0) is 23.3. The van der Waals surface area contributed by atoms with Gasteiger partial charge in [-0.2, -0.15) is 0 Å². The molecule has 1 unspecified atom stereocenters. The molecule has 1 saturated carbocycles. The van der Waals surface area contributed by atoms with Crippen LogP contribution in [0.5, 0.6) is 0 Å². The highest BCUT2D eigenvalue weighted by molar-refractivity contribution is 5.89. The molecule has 2 aromatic rings. The number of benzene rings is 2. The fourth-order valence-corrected chi connectivity index (χ4v) is 6.17. The van der Waals surface area contributed by atoms with Crippen molar-refractivity contribution >= 4 is 11.8 Å². The molecule has 0 bridgehead atoms. The van der Waals surface area contributed by atoms with Gasteiger partial charge in [0.05, 0.1) is 6.04 Å². The Labute approximate surface area is 203 Å². The van der Waals surface area contributed by atoms with Gasteiger partial charge in [-0.25, -0.2) is 0 Å². The molecule has 2 amide bonds. The Balaban J connectivity index is 1.25. The molecular weight excluding hydrogens is 422 g/mol. The number of rotatable bonds is 5. The summed E-state index contributed by atoms with van der Waals surface area (Å²) in [6.45, 7) is 3.86. The summed E-state index contributed by atoms with van der Waals surface area (Å²) in [5.74, 6) is 0.538. The minimum absolute atomic E-state index is 0.136. The lowest BCUT2D eigenvalue weighted by Crippen LogP contribution is -2.55. The summed E-state index contributed by atoms with van der Waals surface area (Å²) in [6.07, 6.45) is 7.28. The SMILES string of the molecule is O=C(C1CCCN1C(=O)C1CCCCC1)N1CCN(C(c2ccccc2)c2ccccc2)CC1. The highest BCUT2D eigenvalue weighted by Crippen LogP contribution is 2.31. The summed E-state index contributed by atoms with van der Waals surface area (Å²) in [4.78, 5) is 33.2. The minimum atomic E-state index is -0.250. The number of carbonyl (C=O) groups is 2. The quantitative estimate of drug-likeness (QED) is 0.662. The molecule has 0 radical (unpaired) electrons. The molecule has 2 aromatic carbocycles. The smallest absolute Gasteiger partial charge is 0.245 e. The lowest BCUT2D eigenvalue weighted by molar-refractivity contribution is -0.147. The molecule has 0 N–H and O–H groups in total. The van der Waals surface area contributed by atoms with Crippen molar-refractivity contribution < 1.29 is 9.59 Å². The Hall–Kier alpha value is -2.66. The first-order valence-corrected chi connectivity index (χ1v) is 13.2. The van der Waals surface area contributed by atoms with E-state index in [1.165, 1.54) is 17.5 Å². The Morgan fingerprint density at radius 2 is 1.24 bits per heavy atom. The van der Waals surface area contributed by atoms with Gasteiger partial charge in [0.15, 0.2) is 0 Å². The Morgan fingerprint density at radius 3 is 1.82 bits per heavy atom. The van der Waals surface area contributed by atoms with Gasteiger partial charge in [0.1, 0.15) is 6.04 Å². The molecule has 5 heteroatoms. The molecular formula is C29H37N3O2. The fraction of sp³-hybridized carbons (Fsp3) is 0.517. The third kappa shape index (κ3) is 4.90. The molecule has 5 nitrogen and oxygen atoms in total. The minimum Gasteiger partial charge on any atom is -0.338 e. The third-order valence-corrected chi connectivity index (χ3v) is 8.00. The summed E-state index contributed by atoms with van der Waals surface area (Å²) >= 11 is 0. The lowest BCUT2D eigenvalue weighted by Gasteiger charge is -2.41. The van der Waals surface area contributed by atoms with Crippen LogP contribution in [0.4, 0.5) is 0 Å². The molecule has 3 aliphatic rings. The highest BCUT2D eigenvalue weighted by atomic mass is 16.2. The van der Waals surface area contributed by atoms with Crippen LogP contribution in [0.3, 0.4) is 0 Å². The highest BCUT2D eigenvalue weighted by Gasteiger charge is 2.40. The number of likely N-dealkylation sites (tertiary alicyclic amines) is 1. The molecule has 1 atom stereocenters. The Morgan fingerprint density at radius 1 is 0.647 bits per heavy atom. The van der Waals surface area contributed by atoms with Crippen molar-refractivity contribution in [2.45, 2.75) is 57.0 Å². The number of amides is 2. The Bertz CT molecular complexity index is 910. The standard InChI is InChI=1S/C29H37N3O2/c33-28(25-15-8-3-9-16-25)32-18-10-17-26(32)29(34)31-21-19-30(20-22-31)27(23-11-4-1-5-12-23)24-13-6-2-7-14-24/h1-2,4-7,11-14,25-27H,3,8-10,15-22H2. The van der Waals surface area contributed by atoms with Gasteiger partial charge in [0, 0.05) is 38.6 Å². The van der Waals surface area contributed by atoms with Gasteiger partial charge in [-0.15, -0.1) is 0 Å². The summed E-state index contributed by atoms with van der Waals surface area (Å²) in [7, 11) is 0. The van der Waals surface area contributed by atoms with Crippen molar-refractivity contribution in [2.75, 3.05) is 32.7 Å². The van der Waals surface area contributed by atoms with E-state index in [4.69, 9.17) is 0 Å². The van der Waals surface area contributed by atoms with E-state index in [0.717, 1.165) is 71.2 Å². The van der Waals surface area contributed by atoms with Gasteiger partial charge < -0.3 is 9.80 Å². The normalized spacial score (nSPS) is 22.3. The van der Waals surface area contributed by atoms with Crippen molar-refractivity contribution in [3.63, 3.8) is 0 Å². The molecule has 5 rings (SSSR count). The van der Waals surface area contributed by atoms with Crippen molar-refractivity contribution in [3.8, 4) is 0 Å². The van der Waals surface area contributed by atoms with Crippen LogP contribution >= 0.6 is 0 Å². The van der Waals surface area contributed by atoms with Crippen molar-refractivity contribution in [1.82, 2.24) is 14.7 Å². The largest absolute Gasteiger partial charge is 0.338 e. The molecule has 2 aliphatic heterocycles. The molecule has 180 valence electrons. The third-order valence-electron chi connectivity index (χ3n) is 8.00. The summed E-state index contributed by atoms with van der Waals surface area (Å²) in [6, 6.07) is 21.2. The molecule has 2 saturated heterocycles. The number of hydrogen-bond acceptors (Lipinski definition) is 3. The molecule has 0 spiro atoms. The van der Waals surface area contributed by atoms with Crippen LogP contribution in [0.2, 0.25) is 0 Å². The fourth-order valence-electron chi connectivity index (χ4n) is 6.17. The first kappa shape index (κ1) is 23.1. The zero-order valence-electron chi connectivity index (χ0n) is 20.1. The second-order valence-corrected chi connectivity index (χ2v) is 10.1. The first-order chi connectivity index (χ1) is 16.7. The lowest BCUT2D eigenvalue weighted by atomic mass is 9.88. The van der Waals surface area contributed by atoms with Gasteiger partial charge >= 0.3 is 0 Å². The molecule has 1 aliphatic carbocycles. The Kier molecular flexibility index (Phi) is 7.29. The van der Waals surface area contributed by atoms with Gasteiger partial charge in [0.25, 0.3) is 0 Å². The van der Waals surface area contributed by atoms with E-state index in [-0.39, 0.29) is 29.8 Å². The zero-order valence-corrected chi connectivity index (χ0v) is 20.1. The maximum absolute atomic E-state index is 13.5. The van der Waals surface area contributed by atoms with Crippen LogP contribution in [-0.2, 0) is 9.59 Å². The van der Waals surface area contributed by atoms with Crippen LogP contribution in [0.25, 0.3) is 0 Å². The molecule has 34 heavy (non-hydrogen) atoms. The van der Waals surface area contributed by atoms with Crippen LogP contribution < -0.4 is 0 Å². The predicted molar refractivity (Wildman–Crippen MR) is 134 cm³/mol. The second-order valence-electron chi connectivity index (χ2n) is 10.1. The average Bonchev–Trinajstić information content (AvgIpc) is 3.40. The van der Waals surface area contributed by atoms with Crippen molar-refractivity contribution in [1.29, 1.82) is 0 Å². The summed E-state index contributed by atoms with van der Waals surface area (Å²) < 4.78 is 0. The average molecular weight is 460 g/mol.